The molecule has 112 valence electrons. The Morgan fingerprint density at radius 1 is 0.619 bits per heavy atom. The van der Waals surface area contributed by atoms with Crippen molar-refractivity contribution in [3.8, 4) is 0 Å². The zero-order valence-electron chi connectivity index (χ0n) is 12.2. The molecule has 0 heterocycles. The third kappa shape index (κ3) is 8.54. The second kappa shape index (κ2) is 11.9. The van der Waals surface area contributed by atoms with E-state index in [1.165, 1.54) is 45.7 Å². The molecule has 0 atom stereocenters. The summed E-state index contributed by atoms with van der Waals surface area (Å²) in [7, 11) is 0. The third-order valence-electron chi connectivity index (χ3n) is 3.17. The van der Waals surface area contributed by atoms with Crippen molar-refractivity contribution in [1.29, 1.82) is 0 Å². The maximum absolute atomic E-state index is 2.38. The fraction of sp³-hybridized carbons (Fsp3) is 0.333. The summed E-state index contributed by atoms with van der Waals surface area (Å²) in [4.78, 5) is 0. The van der Waals surface area contributed by atoms with Crippen LogP contribution in [0.4, 0.5) is 0 Å². The fourth-order valence-corrected chi connectivity index (χ4v) is 18.8. The molecule has 0 aliphatic heterocycles. The molecule has 21 heavy (non-hydrogen) atoms. The van der Waals surface area contributed by atoms with Crippen LogP contribution in [0.1, 0.15) is 24.0 Å². The van der Waals surface area contributed by atoms with Crippen LogP contribution >= 0.6 is 6.22 Å². The van der Waals surface area contributed by atoms with Gasteiger partial charge < -0.3 is 0 Å². The Balaban J connectivity index is 1.40. The van der Waals surface area contributed by atoms with Gasteiger partial charge in [-0.3, -0.25) is 0 Å². The van der Waals surface area contributed by atoms with Crippen LogP contribution < -0.4 is 0 Å². The second-order valence-electron chi connectivity index (χ2n) is 4.89. The van der Waals surface area contributed by atoms with Gasteiger partial charge in [-0.05, 0) is 0 Å². The summed E-state index contributed by atoms with van der Waals surface area (Å²) in [5.41, 5.74) is 3.02. The quantitative estimate of drug-likeness (QED) is 0.309. The van der Waals surface area contributed by atoms with Gasteiger partial charge in [0.25, 0.3) is 0 Å². The molecule has 0 unspecified atom stereocenters. The van der Waals surface area contributed by atoms with E-state index in [2.05, 4.69) is 66.9 Å². The molecule has 2 aromatic carbocycles. The summed E-state index contributed by atoms with van der Waals surface area (Å²) in [6.45, 7) is 0. The summed E-state index contributed by atoms with van der Waals surface area (Å²) in [6.07, 6.45) is 7.74. The molecule has 0 saturated carbocycles. The topological polar surface area (TPSA) is 0 Å². The van der Waals surface area contributed by atoms with Crippen LogP contribution in [0.5, 0.6) is 0 Å². The predicted molar refractivity (Wildman–Crippen MR) is 98.2 cm³/mol. The summed E-state index contributed by atoms with van der Waals surface area (Å²) in [6, 6.07) is 21.8. The van der Waals surface area contributed by atoms with E-state index in [-0.39, 0.29) is 39.1 Å². The van der Waals surface area contributed by atoms with Gasteiger partial charge in [0, 0.05) is 0 Å². The molecule has 0 amide bonds. The first kappa shape index (κ1) is 17.7. The van der Waals surface area contributed by atoms with Crippen molar-refractivity contribution in [2.45, 2.75) is 34.6 Å². The zero-order chi connectivity index (χ0) is 14.6. The van der Waals surface area contributed by atoms with Crippen LogP contribution in [0.2, 0.25) is 8.94 Å². The van der Waals surface area contributed by atoms with Crippen LogP contribution in [-0.4, -0.2) is 39.1 Å². The molecular formula is C18H22STe2. The van der Waals surface area contributed by atoms with E-state index in [1.807, 2.05) is 0 Å². The van der Waals surface area contributed by atoms with Gasteiger partial charge in [-0.25, -0.2) is 0 Å². The average Bonchev–Trinajstić information content (AvgIpc) is 2.55. The van der Waals surface area contributed by atoms with Crippen molar-refractivity contribution < 1.29 is 0 Å². The molecule has 0 nitrogen and oxygen atoms in total. The van der Waals surface area contributed by atoms with E-state index >= 15 is 0 Å². The van der Waals surface area contributed by atoms with Gasteiger partial charge in [0.05, 0.1) is 0 Å². The van der Waals surface area contributed by atoms with E-state index in [0.29, 0.717) is 0 Å². The number of hydrogen-bond donors (Lipinski definition) is 0. The van der Waals surface area contributed by atoms with Gasteiger partial charge in [-0.15, -0.1) is 0 Å². The Morgan fingerprint density at radius 3 is 1.48 bits per heavy atom. The molecule has 0 aliphatic rings. The summed E-state index contributed by atoms with van der Waals surface area (Å²) in [5, 5.41) is 0. The van der Waals surface area contributed by atoms with Gasteiger partial charge >= 0.3 is 152 Å². The normalized spacial score (nSPS) is 10.7. The molecule has 0 aromatic heterocycles. The molecular weight excluding hydrogens is 503 g/mol. The van der Waals surface area contributed by atoms with E-state index in [1.54, 1.807) is 0 Å². The number of rotatable bonds is 10. The van der Waals surface area contributed by atoms with Gasteiger partial charge in [0.1, 0.15) is 0 Å². The zero-order valence-corrected chi connectivity index (χ0v) is 17.7. The fourth-order valence-electron chi connectivity index (χ4n) is 2.06. The maximum atomic E-state index is 2.38. The van der Waals surface area contributed by atoms with Crippen LogP contribution in [0.25, 0.3) is 0 Å². The van der Waals surface area contributed by atoms with Crippen LogP contribution in [0, 0.1) is 0 Å². The Kier molecular flexibility index (Phi) is 10.0. The Hall–Kier alpha value is 0.369. The summed E-state index contributed by atoms with van der Waals surface area (Å²) < 4.78 is 3.02. The van der Waals surface area contributed by atoms with Crippen molar-refractivity contribution in [2.75, 3.05) is 0 Å². The van der Waals surface area contributed by atoms with Gasteiger partial charge in [0.2, 0.25) is 0 Å². The molecule has 0 bridgehead atoms. The molecule has 2 rings (SSSR count). The van der Waals surface area contributed by atoms with Crippen LogP contribution in [0.15, 0.2) is 60.7 Å². The minimum absolute atomic E-state index is 0.256. The third-order valence-corrected chi connectivity index (χ3v) is 20.9. The molecule has 2 aromatic rings. The number of benzene rings is 2. The van der Waals surface area contributed by atoms with Crippen LogP contribution in [0.3, 0.4) is 0 Å². The molecule has 0 radical (unpaired) electrons. The Morgan fingerprint density at radius 2 is 1.05 bits per heavy atom. The van der Waals surface area contributed by atoms with Gasteiger partial charge in [-0.1, -0.05) is 0 Å². The molecule has 0 N–H and O–H groups in total. The first-order valence-electron chi connectivity index (χ1n) is 7.44. The van der Waals surface area contributed by atoms with Crippen molar-refractivity contribution in [3.05, 3.63) is 71.8 Å². The molecule has 0 saturated heterocycles. The molecule has 0 spiro atoms. The molecule has 0 aliphatic carbocycles. The SMILES string of the molecule is c1ccc(CCC[Te]S[Te]CCCc2ccccc2)cc1. The second-order valence-corrected chi connectivity index (χ2v) is 20.8. The van der Waals surface area contributed by atoms with E-state index in [4.69, 9.17) is 0 Å². The molecule has 3 heteroatoms. The van der Waals surface area contributed by atoms with Crippen molar-refractivity contribution in [1.82, 2.24) is 0 Å². The van der Waals surface area contributed by atoms with E-state index in [9.17, 15) is 0 Å². The Bertz CT molecular complexity index is 428. The minimum atomic E-state index is 0.256. The average molecular weight is 526 g/mol. The van der Waals surface area contributed by atoms with Crippen LogP contribution in [-0.2, 0) is 12.8 Å². The van der Waals surface area contributed by atoms with E-state index < -0.39 is 0 Å². The summed E-state index contributed by atoms with van der Waals surface area (Å²) >= 11 is 0.511. The van der Waals surface area contributed by atoms with Crippen molar-refractivity contribution in [2.24, 2.45) is 0 Å². The first-order chi connectivity index (χ1) is 10.4. The first-order valence-corrected chi connectivity index (χ1v) is 17.1. The van der Waals surface area contributed by atoms with Crippen molar-refractivity contribution in [3.63, 3.8) is 0 Å². The monoisotopic (exact) mass is 530 g/mol. The predicted octanol–water partition coefficient (Wildman–Crippen LogP) is 5.06. The van der Waals surface area contributed by atoms with Gasteiger partial charge in [0.15, 0.2) is 0 Å². The molecule has 0 fully saturated rings. The standard InChI is InChI=1S/C18H22STe2/c1-3-9-17(10-4-1)13-7-15-20-19-21-16-8-14-18-11-5-2-6-12-18/h1-6,9-12H,7-8,13-16H2. The van der Waals surface area contributed by atoms with Gasteiger partial charge in [-0.2, -0.15) is 0 Å². The number of hydrogen-bond acceptors (Lipinski definition) is 1. The summed E-state index contributed by atoms with van der Waals surface area (Å²) in [5.74, 6) is 0. The van der Waals surface area contributed by atoms with Crippen molar-refractivity contribution >= 4 is 45.3 Å². The Labute approximate surface area is 150 Å². The number of aryl methyl sites for hydroxylation is 2. The van der Waals surface area contributed by atoms with E-state index in [0.717, 1.165) is 0 Å².